The minimum atomic E-state index is -0.226. The molecule has 0 saturated carbocycles. The standard InChI is InChI=1S/C18H28FN5O.HI/c1-3-14(2)22-17(25)8-9-21-18(20)24-12-10-23(11-13-24)16-6-4-15(19)5-7-16;/h4-7,14H,3,8-13H2,1-2H3,(H2,20,21)(H,22,25);1H. The lowest BCUT2D eigenvalue weighted by Crippen LogP contribution is -2.51. The number of amides is 1. The zero-order valence-electron chi connectivity index (χ0n) is 15.4. The summed E-state index contributed by atoms with van der Waals surface area (Å²) in [5.41, 5.74) is 7.05. The van der Waals surface area contributed by atoms with Crippen molar-refractivity contribution in [1.82, 2.24) is 10.2 Å². The van der Waals surface area contributed by atoms with E-state index in [0.717, 1.165) is 38.3 Å². The number of carbonyl (C=O) groups excluding carboxylic acids is 1. The van der Waals surface area contributed by atoms with Crippen molar-refractivity contribution in [3.05, 3.63) is 30.1 Å². The van der Waals surface area contributed by atoms with Crippen LogP contribution in [0, 0.1) is 5.82 Å². The Labute approximate surface area is 172 Å². The number of piperazine rings is 1. The van der Waals surface area contributed by atoms with E-state index in [9.17, 15) is 9.18 Å². The van der Waals surface area contributed by atoms with Crippen molar-refractivity contribution in [2.75, 3.05) is 37.6 Å². The van der Waals surface area contributed by atoms with Crippen molar-refractivity contribution in [3.63, 3.8) is 0 Å². The lowest BCUT2D eigenvalue weighted by molar-refractivity contribution is -0.121. The Morgan fingerprint density at radius 3 is 2.46 bits per heavy atom. The topological polar surface area (TPSA) is 74.0 Å². The summed E-state index contributed by atoms with van der Waals surface area (Å²) in [6, 6.07) is 6.72. The molecule has 1 aliphatic rings. The third kappa shape index (κ3) is 6.97. The number of aliphatic imine (C=N–C) groups is 1. The van der Waals surface area contributed by atoms with Crippen LogP contribution in [0.3, 0.4) is 0 Å². The van der Waals surface area contributed by atoms with E-state index in [1.807, 2.05) is 18.7 Å². The number of carbonyl (C=O) groups is 1. The Balaban J connectivity index is 0.00000338. The van der Waals surface area contributed by atoms with Gasteiger partial charge < -0.3 is 20.9 Å². The highest BCUT2D eigenvalue weighted by Crippen LogP contribution is 2.16. The summed E-state index contributed by atoms with van der Waals surface area (Å²) in [5, 5.41) is 2.91. The van der Waals surface area contributed by atoms with E-state index in [-0.39, 0.29) is 41.7 Å². The predicted molar refractivity (Wildman–Crippen MR) is 115 cm³/mol. The molecule has 1 unspecified atom stereocenters. The summed E-state index contributed by atoms with van der Waals surface area (Å²) in [6.07, 6.45) is 1.26. The number of anilines is 1. The van der Waals surface area contributed by atoms with Crippen molar-refractivity contribution in [3.8, 4) is 0 Å². The molecule has 0 bridgehead atoms. The van der Waals surface area contributed by atoms with Gasteiger partial charge in [-0.3, -0.25) is 9.79 Å². The average molecular weight is 477 g/mol. The average Bonchev–Trinajstić information content (AvgIpc) is 2.62. The van der Waals surface area contributed by atoms with Gasteiger partial charge in [0.25, 0.3) is 0 Å². The number of nitrogens with two attached hydrogens (primary N) is 1. The van der Waals surface area contributed by atoms with Gasteiger partial charge in [-0.15, -0.1) is 24.0 Å². The minimum Gasteiger partial charge on any atom is -0.370 e. The normalized spacial score (nSPS) is 16.0. The molecule has 6 nitrogen and oxygen atoms in total. The molecule has 8 heteroatoms. The molecule has 26 heavy (non-hydrogen) atoms. The number of guanidine groups is 1. The predicted octanol–water partition coefficient (Wildman–Crippen LogP) is 2.19. The van der Waals surface area contributed by atoms with Gasteiger partial charge in [0.2, 0.25) is 5.91 Å². The molecule has 1 aliphatic heterocycles. The van der Waals surface area contributed by atoms with E-state index < -0.39 is 0 Å². The van der Waals surface area contributed by atoms with Crippen LogP contribution < -0.4 is 16.0 Å². The first-order valence-electron chi connectivity index (χ1n) is 8.84. The number of nitrogens with one attached hydrogen (secondary N) is 1. The maximum Gasteiger partial charge on any atom is 0.222 e. The Hall–Kier alpha value is -1.58. The zero-order chi connectivity index (χ0) is 18.2. The van der Waals surface area contributed by atoms with E-state index in [2.05, 4.69) is 15.2 Å². The van der Waals surface area contributed by atoms with Crippen LogP contribution in [0.4, 0.5) is 10.1 Å². The molecule has 146 valence electrons. The highest BCUT2D eigenvalue weighted by Gasteiger charge is 2.18. The van der Waals surface area contributed by atoms with Gasteiger partial charge in [0.1, 0.15) is 5.82 Å². The lowest BCUT2D eigenvalue weighted by Gasteiger charge is -2.36. The third-order valence-corrected chi connectivity index (χ3v) is 4.43. The molecule has 0 radical (unpaired) electrons. The minimum absolute atomic E-state index is 0. The van der Waals surface area contributed by atoms with Gasteiger partial charge in [0.15, 0.2) is 5.96 Å². The Morgan fingerprint density at radius 2 is 1.88 bits per heavy atom. The van der Waals surface area contributed by atoms with Crippen LogP contribution in [0.15, 0.2) is 29.3 Å². The van der Waals surface area contributed by atoms with Gasteiger partial charge >= 0.3 is 0 Å². The number of hydrogen-bond donors (Lipinski definition) is 2. The number of benzene rings is 1. The number of hydrogen-bond acceptors (Lipinski definition) is 3. The van der Waals surface area contributed by atoms with Gasteiger partial charge in [-0.2, -0.15) is 0 Å². The van der Waals surface area contributed by atoms with Crippen LogP contribution in [-0.2, 0) is 4.79 Å². The fourth-order valence-corrected chi connectivity index (χ4v) is 2.67. The van der Waals surface area contributed by atoms with Crippen LogP contribution in [0.25, 0.3) is 0 Å². The SMILES string of the molecule is CCC(C)NC(=O)CCN=C(N)N1CCN(c2ccc(F)cc2)CC1.I. The smallest absolute Gasteiger partial charge is 0.222 e. The van der Waals surface area contributed by atoms with Gasteiger partial charge in [-0.05, 0) is 37.6 Å². The summed E-state index contributed by atoms with van der Waals surface area (Å²) in [4.78, 5) is 20.3. The van der Waals surface area contributed by atoms with E-state index in [0.29, 0.717) is 18.9 Å². The highest BCUT2D eigenvalue weighted by atomic mass is 127. The number of halogens is 2. The molecular weight excluding hydrogens is 448 g/mol. The maximum atomic E-state index is 13.0. The van der Waals surface area contributed by atoms with Crippen LogP contribution in [0.2, 0.25) is 0 Å². The fraction of sp³-hybridized carbons (Fsp3) is 0.556. The molecule has 1 heterocycles. The molecule has 0 spiro atoms. The van der Waals surface area contributed by atoms with Crippen molar-refractivity contribution >= 4 is 41.5 Å². The quantitative estimate of drug-likeness (QED) is 0.375. The maximum absolute atomic E-state index is 13.0. The van der Waals surface area contributed by atoms with Crippen LogP contribution in [0.5, 0.6) is 0 Å². The van der Waals surface area contributed by atoms with E-state index in [1.54, 1.807) is 12.1 Å². The first-order chi connectivity index (χ1) is 12.0. The van der Waals surface area contributed by atoms with Crippen molar-refractivity contribution in [1.29, 1.82) is 0 Å². The first-order valence-corrected chi connectivity index (χ1v) is 8.84. The Morgan fingerprint density at radius 1 is 1.27 bits per heavy atom. The second-order valence-corrected chi connectivity index (χ2v) is 6.32. The summed E-state index contributed by atoms with van der Waals surface area (Å²) < 4.78 is 13.0. The Kier molecular flexibility index (Phi) is 9.68. The summed E-state index contributed by atoms with van der Waals surface area (Å²) >= 11 is 0. The summed E-state index contributed by atoms with van der Waals surface area (Å²) in [5.74, 6) is 0.262. The van der Waals surface area contributed by atoms with Gasteiger partial charge in [0, 0.05) is 44.3 Å². The third-order valence-electron chi connectivity index (χ3n) is 4.43. The van der Waals surface area contributed by atoms with Gasteiger partial charge in [-0.1, -0.05) is 6.92 Å². The largest absolute Gasteiger partial charge is 0.370 e. The molecular formula is C18H29FIN5O. The second-order valence-electron chi connectivity index (χ2n) is 6.32. The number of rotatable bonds is 6. The van der Waals surface area contributed by atoms with Gasteiger partial charge in [0.05, 0.1) is 6.54 Å². The molecule has 0 aromatic heterocycles. The highest BCUT2D eigenvalue weighted by molar-refractivity contribution is 14.0. The van der Waals surface area contributed by atoms with Crippen molar-refractivity contribution < 1.29 is 9.18 Å². The monoisotopic (exact) mass is 477 g/mol. The zero-order valence-corrected chi connectivity index (χ0v) is 17.8. The molecule has 1 atom stereocenters. The lowest BCUT2D eigenvalue weighted by atomic mass is 10.2. The van der Waals surface area contributed by atoms with Crippen LogP contribution >= 0.6 is 24.0 Å². The summed E-state index contributed by atoms with van der Waals surface area (Å²) in [6.45, 7) is 7.53. The summed E-state index contributed by atoms with van der Waals surface area (Å²) in [7, 11) is 0. The van der Waals surface area contributed by atoms with E-state index in [1.165, 1.54) is 12.1 Å². The van der Waals surface area contributed by atoms with E-state index in [4.69, 9.17) is 5.73 Å². The van der Waals surface area contributed by atoms with Gasteiger partial charge in [-0.25, -0.2) is 4.39 Å². The molecule has 2 rings (SSSR count). The number of nitrogens with zero attached hydrogens (tertiary/aromatic N) is 3. The van der Waals surface area contributed by atoms with E-state index >= 15 is 0 Å². The molecule has 1 saturated heterocycles. The Bertz CT molecular complexity index is 588. The molecule has 1 aromatic rings. The molecule has 0 aliphatic carbocycles. The molecule has 1 amide bonds. The van der Waals surface area contributed by atoms with Crippen LogP contribution in [0.1, 0.15) is 26.7 Å². The second kappa shape index (κ2) is 11.2. The molecule has 1 fully saturated rings. The fourth-order valence-electron chi connectivity index (χ4n) is 2.67. The van der Waals surface area contributed by atoms with Crippen LogP contribution in [-0.4, -0.2) is 55.5 Å². The molecule has 3 N–H and O–H groups in total. The van der Waals surface area contributed by atoms with Crippen molar-refractivity contribution in [2.24, 2.45) is 10.7 Å². The molecule has 1 aromatic carbocycles. The van der Waals surface area contributed by atoms with Crippen molar-refractivity contribution in [2.45, 2.75) is 32.7 Å². The first kappa shape index (κ1) is 22.5.